The highest BCUT2D eigenvalue weighted by Crippen LogP contribution is 2.45. The Hall–Kier alpha value is -0.860. The molecule has 1 aromatic rings. The van der Waals surface area contributed by atoms with Crippen LogP contribution in [0.3, 0.4) is 0 Å². The molecule has 20 heavy (non-hydrogen) atoms. The zero-order chi connectivity index (χ0) is 14.2. The number of nitrogens with one attached hydrogen (secondary N) is 1. The topological polar surface area (TPSA) is 21.3 Å². The number of hydrogen-bond donors (Lipinski definition) is 1. The number of morpholine rings is 1. The first kappa shape index (κ1) is 14.1. The maximum atomic E-state index is 6.64. The van der Waals surface area contributed by atoms with E-state index in [4.69, 9.17) is 4.74 Å². The molecular formula is C18H27NO. The lowest BCUT2D eigenvalue weighted by molar-refractivity contribution is -0.161. The molecule has 3 rings (SSSR count). The molecule has 2 fully saturated rings. The molecule has 1 aromatic carbocycles. The van der Waals surface area contributed by atoms with Crippen molar-refractivity contribution >= 4 is 0 Å². The summed E-state index contributed by atoms with van der Waals surface area (Å²) in [5.41, 5.74) is 1.85. The summed E-state index contributed by atoms with van der Waals surface area (Å²) in [6.07, 6.45) is 5.09. The highest BCUT2D eigenvalue weighted by molar-refractivity contribution is 5.20. The minimum Gasteiger partial charge on any atom is -0.364 e. The molecule has 2 heteroatoms. The Morgan fingerprint density at radius 2 is 1.70 bits per heavy atom. The van der Waals surface area contributed by atoms with Crippen molar-refractivity contribution in [2.45, 2.75) is 64.2 Å². The van der Waals surface area contributed by atoms with Crippen molar-refractivity contribution in [3.05, 3.63) is 35.9 Å². The first-order valence-electron chi connectivity index (χ1n) is 7.96. The van der Waals surface area contributed by atoms with E-state index in [1.807, 2.05) is 0 Å². The van der Waals surface area contributed by atoms with Crippen LogP contribution in [0, 0.1) is 5.41 Å². The average molecular weight is 273 g/mol. The van der Waals surface area contributed by atoms with Gasteiger partial charge in [0.25, 0.3) is 0 Å². The Balaban J connectivity index is 1.77. The van der Waals surface area contributed by atoms with Gasteiger partial charge < -0.3 is 10.1 Å². The second-order valence-corrected chi connectivity index (χ2v) is 7.47. The van der Waals surface area contributed by atoms with E-state index in [1.165, 1.54) is 31.2 Å². The normalized spacial score (nSPS) is 32.1. The van der Waals surface area contributed by atoms with Gasteiger partial charge in [0.2, 0.25) is 0 Å². The molecule has 0 radical (unpaired) electrons. The molecule has 0 amide bonds. The van der Waals surface area contributed by atoms with E-state index in [-0.39, 0.29) is 11.7 Å². The SMILES string of the molecule is CC1NCC2(CCC(C)(C)CC2)OC1c1ccccc1. The Labute approximate surface area is 122 Å². The van der Waals surface area contributed by atoms with Crippen LogP contribution in [0.5, 0.6) is 0 Å². The molecule has 1 aliphatic heterocycles. The van der Waals surface area contributed by atoms with Crippen molar-refractivity contribution in [1.82, 2.24) is 5.32 Å². The van der Waals surface area contributed by atoms with Gasteiger partial charge in [0.05, 0.1) is 11.7 Å². The summed E-state index contributed by atoms with van der Waals surface area (Å²) >= 11 is 0. The summed E-state index contributed by atoms with van der Waals surface area (Å²) in [7, 11) is 0. The van der Waals surface area contributed by atoms with Crippen molar-refractivity contribution in [3.8, 4) is 0 Å². The quantitative estimate of drug-likeness (QED) is 0.832. The van der Waals surface area contributed by atoms with Crippen LogP contribution < -0.4 is 5.32 Å². The fraction of sp³-hybridized carbons (Fsp3) is 0.667. The standard InChI is InChI=1S/C18H27NO/c1-14-16(15-7-5-4-6-8-15)20-18(13-19-14)11-9-17(2,3)10-12-18/h4-8,14,16,19H,9-13H2,1-3H3. The molecule has 1 aliphatic carbocycles. The molecule has 0 aromatic heterocycles. The molecule has 2 aliphatic rings. The van der Waals surface area contributed by atoms with Crippen molar-refractivity contribution in [3.63, 3.8) is 0 Å². The largest absolute Gasteiger partial charge is 0.364 e. The molecule has 2 nitrogen and oxygen atoms in total. The maximum absolute atomic E-state index is 6.64. The lowest BCUT2D eigenvalue weighted by atomic mass is 9.70. The minimum atomic E-state index is 0.0581. The lowest BCUT2D eigenvalue weighted by Crippen LogP contribution is -2.56. The molecular weight excluding hydrogens is 246 g/mol. The number of rotatable bonds is 1. The molecule has 1 N–H and O–H groups in total. The van der Waals surface area contributed by atoms with Crippen LogP contribution in [0.25, 0.3) is 0 Å². The van der Waals surface area contributed by atoms with Gasteiger partial charge in [-0.25, -0.2) is 0 Å². The van der Waals surface area contributed by atoms with Gasteiger partial charge in [-0.2, -0.15) is 0 Å². The molecule has 110 valence electrons. The van der Waals surface area contributed by atoms with Gasteiger partial charge in [-0.1, -0.05) is 44.2 Å². The third-order valence-corrected chi connectivity index (χ3v) is 5.22. The van der Waals surface area contributed by atoms with E-state index in [1.54, 1.807) is 0 Å². The van der Waals surface area contributed by atoms with Crippen LogP contribution >= 0.6 is 0 Å². The Morgan fingerprint density at radius 1 is 1.05 bits per heavy atom. The van der Waals surface area contributed by atoms with Gasteiger partial charge in [-0.15, -0.1) is 0 Å². The van der Waals surface area contributed by atoms with E-state index >= 15 is 0 Å². The Bertz CT molecular complexity index is 444. The van der Waals surface area contributed by atoms with Gasteiger partial charge in [-0.05, 0) is 43.6 Å². The summed E-state index contributed by atoms with van der Waals surface area (Å²) < 4.78 is 6.64. The fourth-order valence-corrected chi connectivity index (χ4v) is 3.54. The molecule has 2 atom stereocenters. The van der Waals surface area contributed by atoms with Crippen LogP contribution in [-0.2, 0) is 4.74 Å². The van der Waals surface area contributed by atoms with Gasteiger partial charge in [-0.3, -0.25) is 0 Å². The molecule has 1 saturated heterocycles. The summed E-state index contributed by atoms with van der Waals surface area (Å²) in [5, 5.41) is 3.69. The first-order chi connectivity index (χ1) is 9.50. The van der Waals surface area contributed by atoms with Crippen LogP contribution in [0.4, 0.5) is 0 Å². The summed E-state index contributed by atoms with van der Waals surface area (Å²) in [4.78, 5) is 0. The zero-order valence-electron chi connectivity index (χ0n) is 13.0. The second-order valence-electron chi connectivity index (χ2n) is 7.47. The number of hydrogen-bond acceptors (Lipinski definition) is 2. The monoisotopic (exact) mass is 273 g/mol. The predicted molar refractivity (Wildman–Crippen MR) is 82.7 cm³/mol. The van der Waals surface area contributed by atoms with Crippen LogP contribution in [0.1, 0.15) is 58.1 Å². The molecule has 1 spiro atoms. The van der Waals surface area contributed by atoms with Crippen molar-refractivity contribution in [1.29, 1.82) is 0 Å². The van der Waals surface area contributed by atoms with E-state index in [2.05, 4.69) is 56.4 Å². The molecule has 1 heterocycles. The van der Waals surface area contributed by atoms with Crippen LogP contribution in [0.15, 0.2) is 30.3 Å². The number of ether oxygens (including phenoxy) is 1. The average Bonchev–Trinajstić information content (AvgIpc) is 2.46. The number of benzene rings is 1. The first-order valence-corrected chi connectivity index (χ1v) is 7.96. The van der Waals surface area contributed by atoms with Gasteiger partial charge in [0, 0.05) is 12.6 Å². The smallest absolute Gasteiger partial charge is 0.0983 e. The second kappa shape index (κ2) is 5.16. The molecule has 2 unspecified atom stereocenters. The molecule has 1 saturated carbocycles. The van der Waals surface area contributed by atoms with Crippen molar-refractivity contribution in [2.24, 2.45) is 5.41 Å². The zero-order valence-corrected chi connectivity index (χ0v) is 13.0. The summed E-state index contributed by atoms with van der Waals surface area (Å²) in [6.45, 7) is 8.01. The van der Waals surface area contributed by atoms with E-state index < -0.39 is 0 Å². The fourth-order valence-electron chi connectivity index (χ4n) is 3.54. The van der Waals surface area contributed by atoms with E-state index in [0.717, 1.165) is 6.54 Å². The van der Waals surface area contributed by atoms with Gasteiger partial charge >= 0.3 is 0 Å². The minimum absolute atomic E-state index is 0.0581. The molecule has 0 bridgehead atoms. The maximum Gasteiger partial charge on any atom is 0.0983 e. The third-order valence-electron chi connectivity index (χ3n) is 5.22. The summed E-state index contributed by atoms with van der Waals surface area (Å²) in [5.74, 6) is 0. The lowest BCUT2D eigenvalue weighted by Gasteiger charge is -2.50. The van der Waals surface area contributed by atoms with Crippen LogP contribution in [0.2, 0.25) is 0 Å². The van der Waals surface area contributed by atoms with Crippen LogP contribution in [-0.4, -0.2) is 18.2 Å². The summed E-state index contributed by atoms with van der Waals surface area (Å²) in [6, 6.07) is 11.1. The van der Waals surface area contributed by atoms with Crippen molar-refractivity contribution in [2.75, 3.05) is 6.54 Å². The Morgan fingerprint density at radius 3 is 2.35 bits per heavy atom. The predicted octanol–water partition coefficient (Wildman–Crippen LogP) is 4.08. The van der Waals surface area contributed by atoms with Gasteiger partial charge in [0.15, 0.2) is 0 Å². The highest BCUT2D eigenvalue weighted by Gasteiger charge is 2.44. The van der Waals surface area contributed by atoms with Gasteiger partial charge in [0.1, 0.15) is 0 Å². The Kier molecular flexibility index (Phi) is 3.64. The van der Waals surface area contributed by atoms with Crippen molar-refractivity contribution < 1.29 is 4.74 Å². The highest BCUT2D eigenvalue weighted by atomic mass is 16.5. The van der Waals surface area contributed by atoms with E-state index in [0.29, 0.717) is 11.5 Å². The van der Waals surface area contributed by atoms with E-state index in [9.17, 15) is 0 Å². The third kappa shape index (κ3) is 2.77.